The summed E-state index contributed by atoms with van der Waals surface area (Å²) in [6, 6.07) is 4.23. The van der Waals surface area contributed by atoms with Gasteiger partial charge in [0.15, 0.2) is 11.5 Å². The third-order valence-electron chi connectivity index (χ3n) is 2.34. The van der Waals surface area contributed by atoms with Crippen LogP contribution in [-0.4, -0.2) is 27.9 Å². The van der Waals surface area contributed by atoms with E-state index in [1.807, 2.05) is 13.8 Å². The van der Waals surface area contributed by atoms with Crippen LogP contribution in [0.2, 0.25) is 0 Å². The number of nitrogens with one attached hydrogen (secondary N) is 1. The van der Waals surface area contributed by atoms with E-state index in [2.05, 4.69) is 5.32 Å². The molecule has 0 aromatic heterocycles. The second kappa shape index (κ2) is 5.00. The molecule has 0 bridgehead atoms. The van der Waals surface area contributed by atoms with Gasteiger partial charge in [0.05, 0.1) is 6.10 Å². The van der Waals surface area contributed by atoms with Crippen molar-refractivity contribution in [2.75, 3.05) is 6.54 Å². The van der Waals surface area contributed by atoms with Crippen LogP contribution in [0.5, 0.6) is 11.5 Å². The van der Waals surface area contributed by atoms with E-state index in [4.69, 9.17) is 5.11 Å². The van der Waals surface area contributed by atoms with Crippen molar-refractivity contribution >= 4 is 0 Å². The van der Waals surface area contributed by atoms with Crippen molar-refractivity contribution < 1.29 is 15.3 Å². The summed E-state index contributed by atoms with van der Waals surface area (Å²) in [5, 5.41) is 31.4. The van der Waals surface area contributed by atoms with Crippen LogP contribution in [0.1, 0.15) is 25.5 Å². The van der Waals surface area contributed by atoms with Gasteiger partial charge in [0.1, 0.15) is 0 Å². The highest BCUT2D eigenvalue weighted by molar-refractivity contribution is 5.41. The van der Waals surface area contributed by atoms with Gasteiger partial charge in [0, 0.05) is 6.04 Å². The van der Waals surface area contributed by atoms with Gasteiger partial charge in [-0.05, 0) is 31.2 Å². The summed E-state index contributed by atoms with van der Waals surface area (Å²) >= 11 is 0. The molecule has 0 spiro atoms. The standard InChI is InChI=1S/C11H17NO3/c1-3-12-7(2)11(15)8-4-5-9(13)10(14)6-8/h4-7,11-15H,3H2,1-2H3/t7-,11+/m1/s1. The summed E-state index contributed by atoms with van der Waals surface area (Å²) in [4.78, 5) is 0. The fraction of sp³-hybridized carbons (Fsp3) is 0.455. The average molecular weight is 211 g/mol. The SMILES string of the molecule is CCN[C@H](C)[C@H](O)c1ccc(O)c(O)c1. The minimum absolute atomic E-state index is 0.0982. The van der Waals surface area contributed by atoms with Crippen LogP contribution in [0.4, 0.5) is 0 Å². The Morgan fingerprint density at radius 2 is 1.93 bits per heavy atom. The number of likely N-dealkylation sites (N-methyl/N-ethyl adjacent to an activating group) is 1. The zero-order valence-electron chi connectivity index (χ0n) is 8.94. The molecule has 1 aromatic rings. The number of benzene rings is 1. The highest BCUT2D eigenvalue weighted by Gasteiger charge is 2.16. The number of aromatic hydroxyl groups is 2. The number of phenolic OH excluding ortho intramolecular Hbond substituents is 2. The molecule has 0 saturated heterocycles. The van der Waals surface area contributed by atoms with Crippen LogP contribution in [0.3, 0.4) is 0 Å². The predicted octanol–water partition coefficient (Wildman–Crippen LogP) is 1.13. The quantitative estimate of drug-likeness (QED) is 0.563. The maximum atomic E-state index is 9.88. The van der Waals surface area contributed by atoms with Gasteiger partial charge in [0.25, 0.3) is 0 Å². The van der Waals surface area contributed by atoms with E-state index in [-0.39, 0.29) is 17.5 Å². The first-order valence-corrected chi connectivity index (χ1v) is 4.99. The van der Waals surface area contributed by atoms with Gasteiger partial charge in [-0.25, -0.2) is 0 Å². The zero-order valence-corrected chi connectivity index (χ0v) is 8.94. The Hall–Kier alpha value is -1.26. The number of hydrogen-bond acceptors (Lipinski definition) is 4. The summed E-state index contributed by atoms with van der Waals surface area (Å²) in [5.74, 6) is -0.391. The van der Waals surface area contributed by atoms with Crippen molar-refractivity contribution in [2.24, 2.45) is 0 Å². The molecule has 4 heteroatoms. The molecule has 0 heterocycles. The van der Waals surface area contributed by atoms with Gasteiger partial charge in [-0.3, -0.25) is 0 Å². The van der Waals surface area contributed by atoms with Crippen molar-refractivity contribution in [3.63, 3.8) is 0 Å². The first-order chi connectivity index (χ1) is 7.06. The topological polar surface area (TPSA) is 72.7 Å². The molecular formula is C11H17NO3. The molecule has 1 aromatic carbocycles. The van der Waals surface area contributed by atoms with Crippen LogP contribution in [0.15, 0.2) is 18.2 Å². The zero-order chi connectivity index (χ0) is 11.4. The Morgan fingerprint density at radius 3 is 2.47 bits per heavy atom. The molecule has 2 atom stereocenters. The molecule has 0 amide bonds. The van der Waals surface area contributed by atoms with Crippen molar-refractivity contribution in [2.45, 2.75) is 26.0 Å². The molecule has 0 aliphatic carbocycles. The lowest BCUT2D eigenvalue weighted by molar-refractivity contribution is 0.137. The van der Waals surface area contributed by atoms with Crippen LogP contribution in [0.25, 0.3) is 0 Å². The third kappa shape index (κ3) is 2.84. The molecule has 0 aliphatic rings. The monoisotopic (exact) mass is 211 g/mol. The fourth-order valence-electron chi connectivity index (χ4n) is 1.45. The summed E-state index contributed by atoms with van der Waals surface area (Å²) in [7, 11) is 0. The fourth-order valence-corrected chi connectivity index (χ4v) is 1.45. The van der Waals surface area contributed by atoms with E-state index in [0.29, 0.717) is 5.56 Å². The first kappa shape index (κ1) is 11.8. The highest BCUT2D eigenvalue weighted by Crippen LogP contribution is 2.28. The van der Waals surface area contributed by atoms with Gasteiger partial charge < -0.3 is 20.6 Å². The Labute approximate surface area is 89.2 Å². The van der Waals surface area contributed by atoms with E-state index < -0.39 is 6.10 Å². The van der Waals surface area contributed by atoms with Crippen LogP contribution < -0.4 is 5.32 Å². The van der Waals surface area contributed by atoms with Crippen molar-refractivity contribution in [1.82, 2.24) is 5.32 Å². The molecule has 0 fully saturated rings. The number of rotatable bonds is 4. The molecule has 0 radical (unpaired) electrons. The average Bonchev–Trinajstić information content (AvgIpc) is 2.21. The third-order valence-corrected chi connectivity index (χ3v) is 2.34. The predicted molar refractivity (Wildman–Crippen MR) is 57.9 cm³/mol. The summed E-state index contributed by atoms with van der Waals surface area (Å²) < 4.78 is 0. The molecule has 0 aliphatic heterocycles. The number of aliphatic hydroxyl groups excluding tert-OH is 1. The molecule has 15 heavy (non-hydrogen) atoms. The van der Waals surface area contributed by atoms with Gasteiger partial charge >= 0.3 is 0 Å². The minimum atomic E-state index is -0.698. The Balaban J connectivity index is 2.81. The molecule has 4 nitrogen and oxygen atoms in total. The maximum Gasteiger partial charge on any atom is 0.157 e. The molecule has 1 rings (SSSR count). The number of aliphatic hydroxyl groups is 1. The molecule has 4 N–H and O–H groups in total. The smallest absolute Gasteiger partial charge is 0.157 e. The molecule has 0 saturated carbocycles. The van der Waals surface area contributed by atoms with Gasteiger partial charge in [-0.15, -0.1) is 0 Å². The normalized spacial score (nSPS) is 14.9. The van der Waals surface area contributed by atoms with E-state index in [1.165, 1.54) is 12.1 Å². The minimum Gasteiger partial charge on any atom is -0.504 e. The van der Waals surface area contributed by atoms with Crippen LogP contribution >= 0.6 is 0 Å². The second-order valence-corrected chi connectivity index (χ2v) is 3.54. The lowest BCUT2D eigenvalue weighted by atomic mass is 10.0. The van der Waals surface area contributed by atoms with Crippen molar-refractivity contribution in [1.29, 1.82) is 0 Å². The molecular weight excluding hydrogens is 194 g/mol. The number of hydrogen-bond donors (Lipinski definition) is 4. The molecule has 84 valence electrons. The summed E-state index contributed by atoms with van der Waals surface area (Å²) in [6.07, 6.45) is -0.698. The Morgan fingerprint density at radius 1 is 1.27 bits per heavy atom. The van der Waals surface area contributed by atoms with Gasteiger partial charge in [-0.2, -0.15) is 0 Å². The van der Waals surface area contributed by atoms with Gasteiger partial charge in [0.2, 0.25) is 0 Å². The lowest BCUT2D eigenvalue weighted by Crippen LogP contribution is -2.31. The van der Waals surface area contributed by atoms with Crippen molar-refractivity contribution in [3.05, 3.63) is 23.8 Å². The van der Waals surface area contributed by atoms with E-state index in [1.54, 1.807) is 6.07 Å². The molecule has 0 unspecified atom stereocenters. The lowest BCUT2D eigenvalue weighted by Gasteiger charge is -2.20. The van der Waals surface area contributed by atoms with E-state index in [0.717, 1.165) is 6.54 Å². The second-order valence-electron chi connectivity index (χ2n) is 3.54. The maximum absolute atomic E-state index is 9.88. The van der Waals surface area contributed by atoms with Crippen molar-refractivity contribution in [3.8, 4) is 11.5 Å². The van der Waals surface area contributed by atoms with Crippen LogP contribution in [0, 0.1) is 0 Å². The van der Waals surface area contributed by atoms with E-state index >= 15 is 0 Å². The first-order valence-electron chi connectivity index (χ1n) is 4.99. The summed E-state index contributed by atoms with van der Waals surface area (Å²) in [6.45, 7) is 4.58. The Kier molecular flexibility index (Phi) is 3.94. The van der Waals surface area contributed by atoms with Gasteiger partial charge in [-0.1, -0.05) is 13.0 Å². The Bertz CT molecular complexity index is 328. The summed E-state index contributed by atoms with van der Waals surface area (Å²) in [5.41, 5.74) is 0.582. The van der Waals surface area contributed by atoms with Crippen LogP contribution in [-0.2, 0) is 0 Å². The van der Waals surface area contributed by atoms with E-state index in [9.17, 15) is 10.2 Å². The highest BCUT2D eigenvalue weighted by atomic mass is 16.3. The number of phenols is 2. The largest absolute Gasteiger partial charge is 0.504 e.